The van der Waals surface area contributed by atoms with Crippen molar-refractivity contribution in [1.82, 2.24) is 4.90 Å². The van der Waals surface area contributed by atoms with Crippen LogP contribution < -0.4 is 11.1 Å². The van der Waals surface area contributed by atoms with Gasteiger partial charge in [0.15, 0.2) is 0 Å². The fourth-order valence-electron chi connectivity index (χ4n) is 2.76. The summed E-state index contributed by atoms with van der Waals surface area (Å²) in [6, 6.07) is 4.71. The Morgan fingerprint density at radius 2 is 2.15 bits per heavy atom. The molecule has 7 heteroatoms. The van der Waals surface area contributed by atoms with Gasteiger partial charge >= 0.3 is 6.09 Å². The second-order valence-corrected chi connectivity index (χ2v) is 5.09. The first-order valence-corrected chi connectivity index (χ1v) is 6.41. The fraction of sp³-hybridized carbons (Fsp3) is 0.385. The number of hydrogen-bond donors (Lipinski definition) is 3. The zero-order valence-corrected chi connectivity index (χ0v) is 10.8. The molecule has 4 N–H and O–H groups in total. The van der Waals surface area contributed by atoms with Crippen molar-refractivity contribution in [1.29, 1.82) is 0 Å². The molecule has 1 spiro atoms. The average molecular weight is 278 g/mol. The topological polar surface area (TPSA) is 91.0 Å². The Labute approximate surface area is 115 Å². The van der Waals surface area contributed by atoms with Gasteiger partial charge in [-0.15, -0.1) is 0 Å². The monoisotopic (exact) mass is 278 g/mol. The maximum Gasteiger partial charge on any atom is 0.407 e. The number of fused-ring (bicyclic) bond motifs is 1. The van der Waals surface area contributed by atoms with Crippen molar-refractivity contribution in [3.8, 4) is 0 Å². The van der Waals surface area contributed by atoms with E-state index >= 15 is 0 Å². The molecule has 1 aromatic rings. The predicted octanol–water partition coefficient (Wildman–Crippen LogP) is 1.43. The molecular weight excluding hydrogens is 263 g/mol. The maximum atomic E-state index is 13.8. The Bertz CT molecular complexity index is 594. The summed E-state index contributed by atoms with van der Waals surface area (Å²) in [4.78, 5) is 16.7. The van der Waals surface area contributed by atoms with Gasteiger partial charge in [-0.1, -0.05) is 6.07 Å². The van der Waals surface area contributed by atoms with Crippen LogP contribution in [0.5, 0.6) is 0 Å². The van der Waals surface area contributed by atoms with Gasteiger partial charge in [0.1, 0.15) is 17.3 Å². The Morgan fingerprint density at radius 3 is 2.80 bits per heavy atom. The van der Waals surface area contributed by atoms with Gasteiger partial charge in [0, 0.05) is 31.6 Å². The largest absolute Gasteiger partial charge is 0.465 e. The lowest BCUT2D eigenvalue weighted by Crippen LogP contribution is -2.52. The van der Waals surface area contributed by atoms with Crippen LogP contribution in [0.2, 0.25) is 0 Å². The molecule has 0 atom stereocenters. The molecule has 0 aliphatic carbocycles. The standard InChI is InChI=1S/C13H15FN4O2/c14-8-2-1-3-9-10(8)11(15)17-13(16-9)4-6-18(7-5-13)12(19)20/h1-3,16H,4-7H2,(H2,15,17)(H,19,20). The molecule has 0 bridgehead atoms. The summed E-state index contributed by atoms with van der Waals surface area (Å²) in [6.07, 6.45) is 0.0883. The number of carboxylic acid groups (broad SMARTS) is 1. The quantitative estimate of drug-likeness (QED) is 0.669. The van der Waals surface area contributed by atoms with Gasteiger partial charge in [-0.2, -0.15) is 0 Å². The molecule has 0 saturated carbocycles. The van der Waals surface area contributed by atoms with Gasteiger partial charge in [-0.05, 0) is 12.1 Å². The van der Waals surface area contributed by atoms with Gasteiger partial charge < -0.3 is 21.1 Å². The van der Waals surface area contributed by atoms with Crippen LogP contribution >= 0.6 is 0 Å². The van der Waals surface area contributed by atoms with E-state index in [0.29, 0.717) is 37.2 Å². The number of nitrogens with zero attached hydrogens (tertiary/aromatic N) is 2. The number of benzene rings is 1. The van der Waals surface area contributed by atoms with Crippen LogP contribution in [0.15, 0.2) is 23.2 Å². The third kappa shape index (κ3) is 1.95. The Morgan fingerprint density at radius 1 is 1.45 bits per heavy atom. The smallest absolute Gasteiger partial charge is 0.407 e. The summed E-state index contributed by atoms with van der Waals surface area (Å²) in [5.74, 6) is -0.241. The first-order chi connectivity index (χ1) is 9.51. The molecule has 0 unspecified atom stereocenters. The van der Waals surface area contributed by atoms with Gasteiger partial charge in [-0.3, -0.25) is 0 Å². The molecule has 2 aliphatic heterocycles. The summed E-state index contributed by atoms with van der Waals surface area (Å²) in [5, 5.41) is 12.2. The van der Waals surface area contributed by atoms with E-state index < -0.39 is 17.6 Å². The minimum atomic E-state index is -0.931. The average Bonchev–Trinajstić information content (AvgIpc) is 2.38. The summed E-state index contributed by atoms with van der Waals surface area (Å²) in [7, 11) is 0. The molecule has 1 fully saturated rings. The number of rotatable bonds is 0. The molecule has 106 valence electrons. The number of piperidine rings is 1. The van der Waals surface area contributed by atoms with Crippen LogP contribution in [-0.2, 0) is 0 Å². The normalized spacial score (nSPS) is 20.1. The van der Waals surface area contributed by atoms with E-state index in [2.05, 4.69) is 10.3 Å². The summed E-state index contributed by atoms with van der Waals surface area (Å²) in [5.41, 5.74) is 6.16. The van der Waals surface area contributed by atoms with E-state index in [0.717, 1.165) is 0 Å². The van der Waals surface area contributed by atoms with Crippen molar-refractivity contribution in [2.75, 3.05) is 18.4 Å². The molecule has 1 aromatic carbocycles. The van der Waals surface area contributed by atoms with Crippen molar-refractivity contribution in [3.05, 3.63) is 29.6 Å². The molecule has 1 amide bonds. The second-order valence-electron chi connectivity index (χ2n) is 5.09. The first-order valence-electron chi connectivity index (χ1n) is 6.41. The number of nitrogens with two attached hydrogens (primary N) is 1. The molecule has 3 rings (SSSR count). The third-order valence-electron chi connectivity index (χ3n) is 3.83. The van der Waals surface area contributed by atoms with Crippen LogP contribution in [-0.4, -0.2) is 40.7 Å². The molecule has 20 heavy (non-hydrogen) atoms. The van der Waals surface area contributed by atoms with E-state index in [4.69, 9.17) is 10.8 Å². The summed E-state index contributed by atoms with van der Waals surface area (Å²) < 4.78 is 13.8. The summed E-state index contributed by atoms with van der Waals surface area (Å²) >= 11 is 0. The number of amides is 1. The van der Waals surface area contributed by atoms with Crippen LogP contribution in [0, 0.1) is 5.82 Å². The maximum absolute atomic E-state index is 13.8. The number of likely N-dealkylation sites (tertiary alicyclic amines) is 1. The molecule has 0 radical (unpaired) electrons. The van der Waals surface area contributed by atoms with E-state index in [1.807, 2.05) is 0 Å². The number of hydrogen-bond acceptors (Lipinski definition) is 4. The van der Waals surface area contributed by atoms with Crippen molar-refractivity contribution in [2.45, 2.75) is 18.5 Å². The predicted molar refractivity (Wildman–Crippen MR) is 72.3 cm³/mol. The second kappa shape index (κ2) is 4.36. The van der Waals surface area contributed by atoms with Gasteiger partial charge in [-0.25, -0.2) is 14.2 Å². The summed E-state index contributed by atoms with van der Waals surface area (Å²) in [6.45, 7) is 0.757. The molecule has 2 aliphatic rings. The lowest BCUT2D eigenvalue weighted by Gasteiger charge is -2.41. The highest BCUT2D eigenvalue weighted by Crippen LogP contribution is 2.34. The number of halogens is 1. The Balaban J connectivity index is 1.89. The van der Waals surface area contributed by atoms with Crippen molar-refractivity contribution in [2.24, 2.45) is 10.7 Å². The van der Waals surface area contributed by atoms with Gasteiger partial charge in [0.2, 0.25) is 0 Å². The SMILES string of the molecule is NC1=NC2(CCN(C(=O)O)CC2)Nc2cccc(F)c21. The van der Waals surface area contributed by atoms with Crippen molar-refractivity contribution >= 4 is 17.6 Å². The van der Waals surface area contributed by atoms with Crippen molar-refractivity contribution < 1.29 is 14.3 Å². The number of carbonyl (C=O) groups is 1. The van der Waals surface area contributed by atoms with Crippen molar-refractivity contribution in [3.63, 3.8) is 0 Å². The molecule has 2 heterocycles. The minimum Gasteiger partial charge on any atom is -0.465 e. The van der Waals surface area contributed by atoms with E-state index in [1.54, 1.807) is 12.1 Å². The first kappa shape index (κ1) is 12.7. The number of anilines is 1. The van der Waals surface area contributed by atoms with Gasteiger partial charge in [0.25, 0.3) is 0 Å². The highest BCUT2D eigenvalue weighted by molar-refractivity contribution is 6.04. The molecule has 0 aromatic heterocycles. The van der Waals surface area contributed by atoms with Crippen LogP contribution in [0.1, 0.15) is 18.4 Å². The zero-order valence-electron chi connectivity index (χ0n) is 10.8. The van der Waals surface area contributed by atoms with E-state index in [-0.39, 0.29) is 5.84 Å². The highest BCUT2D eigenvalue weighted by Gasteiger charge is 2.39. The van der Waals surface area contributed by atoms with Crippen LogP contribution in [0.25, 0.3) is 0 Å². The zero-order chi connectivity index (χ0) is 14.3. The Kier molecular flexibility index (Phi) is 2.77. The Hall–Kier alpha value is -2.31. The molecule has 6 nitrogen and oxygen atoms in total. The van der Waals surface area contributed by atoms with E-state index in [9.17, 15) is 9.18 Å². The fourth-order valence-corrected chi connectivity index (χ4v) is 2.76. The van der Waals surface area contributed by atoms with Crippen LogP contribution in [0.3, 0.4) is 0 Å². The lowest BCUT2D eigenvalue weighted by atomic mass is 9.94. The van der Waals surface area contributed by atoms with Gasteiger partial charge in [0.05, 0.1) is 5.56 Å². The molecular formula is C13H15FN4O2. The molecule has 1 saturated heterocycles. The van der Waals surface area contributed by atoms with Crippen LogP contribution in [0.4, 0.5) is 14.9 Å². The van der Waals surface area contributed by atoms with E-state index in [1.165, 1.54) is 11.0 Å². The number of aliphatic imine (C=N–C) groups is 1. The highest BCUT2D eigenvalue weighted by atomic mass is 19.1. The minimum absolute atomic E-state index is 0.167. The third-order valence-corrected chi connectivity index (χ3v) is 3.83. The number of nitrogens with one attached hydrogen (secondary N) is 1. The lowest BCUT2D eigenvalue weighted by molar-refractivity contribution is 0.122. The number of amidine groups is 1.